The molecule has 94 valence electrons. The van der Waals surface area contributed by atoms with E-state index in [0.717, 1.165) is 5.92 Å². The fraction of sp³-hybridized carbons (Fsp3) is 1.00. The Morgan fingerprint density at radius 1 is 1.06 bits per heavy atom. The van der Waals surface area contributed by atoms with Gasteiger partial charge in [-0.15, -0.1) is 35.3 Å². The normalized spacial score (nSPS) is 33.8. The van der Waals surface area contributed by atoms with Gasteiger partial charge in [0.25, 0.3) is 0 Å². The fourth-order valence-electron chi connectivity index (χ4n) is 2.45. The third kappa shape index (κ3) is 2.88. The van der Waals surface area contributed by atoms with Crippen molar-refractivity contribution in [3.63, 3.8) is 0 Å². The van der Waals surface area contributed by atoms with E-state index in [1.165, 1.54) is 36.6 Å². The summed E-state index contributed by atoms with van der Waals surface area (Å²) in [5.41, 5.74) is 0. The van der Waals surface area contributed by atoms with E-state index in [0.29, 0.717) is 8.95 Å². The minimum atomic E-state index is 0.353. The fourth-order valence-corrected chi connectivity index (χ4v) is 6.91. The van der Waals surface area contributed by atoms with Crippen LogP contribution in [0.1, 0.15) is 33.6 Å². The van der Waals surface area contributed by atoms with Crippen LogP contribution >= 0.6 is 35.3 Å². The van der Waals surface area contributed by atoms with Crippen LogP contribution in [0, 0.1) is 5.92 Å². The zero-order valence-corrected chi connectivity index (χ0v) is 13.0. The van der Waals surface area contributed by atoms with Gasteiger partial charge in [0.15, 0.2) is 0 Å². The number of hydrogen-bond donors (Lipinski definition) is 1. The molecule has 2 aliphatic rings. The Hall–Kier alpha value is 1.01. The molecule has 0 bridgehead atoms. The predicted molar refractivity (Wildman–Crippen MR) is 80.6 cm³/mol. The molecule has 0 aromatic rings. The van der Waals surface area contributed by atoms with Gasteiger partial charge in [-0.25, -0.2) is 0 Å². The van der Waals surface area contributed by atoms with Gasteiger partial charge in [0.1, 0.15) is 0 Å². The van der Waals surface area contributed by atoms with Gasteiger partial charge in [-0.3, -0.25) is 0 Å². The Morgan fingerprint density at radius 2 is 1.75 bits per heavy atom. The highest BCUT2D eigenvalue weighted by atomic mass is 32.2. The van der Waals surface area contributed by atoms with Crippen LogP contribution in [-0.2, 0) is 0 Å². The minimum absolute atomic E-state index is 0.353. The molecular formula is C12H23NS3. The molecule has 2 fully saturated rings. The van der Waals surface area contributed by atoms with Crippen molar-refractivity contribution < 1.29 is 0 Å². The van der Waals surface area contributed by atoms with Gasteiger partial charge in [-0.1, -0.05) is 13.8 Å². The highest BCUT2D eigenvalue weighted by Crippen LogP contribution is 2.53. The van der Waals surface area contributed by atoms with Gasteiger partial charge in [-0.05, 0) is 25.7 Å². The van der Waals surface area contributed by atoms with Crippen molar-refractivity contribution in [1.82, 2.24) is 5.32 Å². The highest BCUT2D eigenvalue weighted by molar-refractivity contribution is 8.21. The number of hydrogen-bond acceptors (Lipinski definition) is 4. The van der Waals surface area contributed by atoms with E-state index in [2.05, 4.69) is 61.4 Å². The average Bonchev–Trinajstić information content (AvgIpc) is 2.85. The zero-order chi connectivity index (χ0) is 11.6. The molecule has 16 heavy (non-hydrogen) atoms. The summed E-state index contributed by atoms with van der Waals surface area (Å²) >= 11 is 6.52. The Kier molecular flexibility index (Phi) is 4.48. The molecule has 0 saturated carbocycles. The summed E-state index contributed by atoms with van der Waals surface area (Å²) in [6, 6.07) is 0. The van der Waals surface area contributed by atoms with E-state index < -0.39 is 0 Å². The first-order valence-corrected chi connectivity index (χ1v) is 9.19. The second-order valence-electron chi connectivity index (χ2n) is 5.17. The monoisotopic (exact) mass is 277 g/mol. The molecule has 2 rings (SSSR count). The maximum atomic E-state index is 3.66. The van der Waals surface area contributed by atoms with E-state index in [-0.39, 0.29) is 0 Å². The van der Waals surface area contributed by atoms with Crippen molar-refractivity contribution in [3.05, 3.63) is 0 Å². The maximum Gasteiger partial charge on any atom is 0.0635 e. The molecule has 0 aromatic heterocycles. The second-order valence-corrected chi connectivity index (χ2v) is 9.88. The summed E-state index contributed by atoms with van der Waals surface area (Å²) in [6.07, 6.45) is 2.67. The quantitative estimate of drug-likeness (QED) is 0.841. The first kappa shape index (κ1) is 13.4. The maximum absolute atomic E-state index is 3.66. The van der Waals surface area contributed by atoms with Gasteiger partial charge in [0.05, 0.1) is 8.95 Å². The van der Waals surface area contributed by atoms with Crippen LogP contribution < -0.4 is 5.32 Å². The molecule has 2 saturated heterocycles. The molecule has 2 heterocycles. The molecule has 0 spiro atoms. The third-order valence-corrected chi connectivity index (χ3v) is 9.13. The molecule has 1 N–H and O–H groups in total. The molecule has 0 radical (unpaired) electrons. The SMILES string of the molecule is CC(C)C1(CCC2(C)NCCS2)SCCS1. The number of rotatable bonds is 4. The van der Waals surface area contributed by atoms with Gasteiger partial charge in [-0.2, -0.15) is 0 Å². The Labute approximate surface area is 113 Å². The number of nitrogens with one attached hydrogen (secondary N) is 1. The van der Waals surface area contributed by atoms with Crippen LogP contribution in [0.3, 0.4) is 0 Å². The van der Waals surface area contributed by atoms with E-state index in [9.17, 15) is 0 Å². The van der Waals surface area contributed by atoms with Crippen molar-refractivity contribution in [3.8, 4) is 0 Å². The molecule has 0 amide bonds. The summed E-state index contributed by atoms with van der Waals surface area (Å²) in [4.78, 5) is 0.353. The third-order valence-electron chi connectivity index (χ3n) is 3.63. The lowest BCUT2D eigenvalue weighted by molar-refractivity contribution is 0.441. The topological polar surface area (TPSA) is 12.0 Å². The molecule has 1 unspecified atom stereocenters. The highest BCUT2D eigenvalue weighted by Gasteiger charge is 2.41. The Morgan fingerprint density at radius 3 is 2.25 bits per heavy atom. The van der Waals surface area contributed by atoms with Gasteiger partial charge < -0.3 is 5.32 Å². The van der Waals surface area contributed by atoms with E-state index >= 15 is 0 Å². The number of thioether (sulfide) groups is 3. The molecule has 1 atom stereocenters. The van der Waals surface area contributed by atoms with Crippen LogP contribution in [0.5, 0.6) is 0 Å². The van der Waals surface area contributed by atoms with Crippen LogP contribution in [0.15, 0.2) is 0 Å². The Bertz CT molecular complexity index is 230. The second kappa shape index (κ2) is 5.33. The summed E-state index contributed by atoms with van der Waals surface area (Å²) in [5.74, 6) is 4.77. The van der Waals surface area contributed by atoms with Crippen LogP contribution in [0.4, 0.5) is 0 Å². The summed E-state index contributed by atoms with van der Waals surface area (Å²) in [7, 11) is 0. The van der Waals surface area contributed by atoms with Crippen molar-refractivity contribution >= 4 is 35.3 Å². The summed E-state index contributed by atoms with van der Waals surface area (Å²) in [5, 5.41) is 3.66. The summed E-state index contributed by atoms with van der Waals surface area (Å²) in [6.45, 7) is 8.35. The molecule has 2 aliphatic heterocycles. The molecule has 4 heteroatoms. The Balaban J connectivity index is 1.91. The van der Waals surface area contributed by atoms with Crippen LogP contribution in [-0.4, -0.2) is 32.8 Å². The molecular weight excluding hydrogens is 254 g/mol. The molecule has 0 aliphatic carbocycles. The lowest BCUT2D eigenvalue weighted by Crippen LogP contribution is -2.36. The average molecular weight is 278 g/mol. The van der Waals surface area contributed by atoms with Gasteiger partial charge in [0.2, 0.25) is 0 Å². The minimum Gasteiger partial charge on any atom is -0.302 e. The standard InChI is InChI=1S/C12H23NS3/c1-10(2)12(15-8-9-16-12)5-4-11(3)13-6-7-14-11/h10,13H,4-9H2,1-3H3. The van der Waals surface area contributed by atoms with Crippen LogP contribution in [0.2, 0.25) is 0 Å². The van der Waals surface area contributed by atoms with E-state index in [4.69, 9.17) is 0 Å². The summed E-state index contributed by atoms with van der Waals surface area (Å²) < 4.78 is 0.508. The van der Waals surface area contributed by atoms with Crippen molar-refractivity contribution in [2.75, 3.05) is 23.8 Å². The first-order valence-electron chi connectivity index (χ1n) is 6.23. The largest absolute Gasteiger partial charge is 0.302 e. The van der Waals surface area contributed by atoms with E-state index in [1.807, 2.05) is 0 Å². The smallest absolute Gasteiger partial charge is 0.0635 e. The lowest BCUT2D eigenvalue weighted by Gasteiger charge is -2.35. The lowest BCUT2D eigenvalue weighted by atomic mass is 10.0. The van der Waals surface area contributed by atoms with Crippen molar-refractivity contribution in [2.24, 2.45) is 5.92 Å². The zero-order valence-electron chi connectivity index (χ0n) is 10.5. The van der Waals surface area contributed by atoms with Gasteiger partial charge in [0, 0.05) is 23.8 Å². The van der Waals surface area contributed by atoms with Crippen molar-refractivity contribution in [2.45, 2.75) is 42.6 Å². The van der Waals surface area contributed by atoms with Gasteiger partial charge >= 0.3 is 0 Å². The van der Waals surface area contributed by atoms with Crippen LogP contribution in [0.25, 0.3) is 0 Å². The predicted octanol–water partition coefficient (Wildman–Crippen LogP) is 3.65. The molecule has 0 aromatic carbocycles. The van der Waals surface area contributed by atoms with Crippen molar-refractivity contribution in [1.29, 1.82) is 0 Å². The molecule has 1 nitrogen and oxygen atoms in total. The van der Waals surface area contributed by atoms with E-state index in [1.54, 1.807) is 0 Å². The first-order chi connectivity index (χ1) is 7.56.